The van der Waals surface area contributed by atoms with Gasteiger partial charge in [0.1, 0.15) is 18.0 Å². The summed E-state index contributed by atoms with van der Waals surface area (Å²) in [5, 5.41) is 7.27. The fourth-order valence-electron chi connectivity index (χ4n) is 6.00. The first-order valence-corrected chi connectivity index (χ1v) is 13.6. The van der Waals surface area contributed by atoms with E-state index in [1.54, 1.807) is 0 Å². The SMILES string of the molecule is CC/C=C(\C=NCNc1ncc2cc3n(c2n1)C1(CCCC1)CNC3=O)N1CCN(CC(C)C)CC1. The van der Waals surface area contributed by atoms with Gasteiger partial charge in [0.05, 0.1) is 11.2 Å². The molecule has 2 fully saturated rings. The van der Waals surface area contributed by atoms with Crippen LogP contribution in [-0.4, -0.2) is 82.4 Å². The van der Waals surface area contributed by atoms with Crippen LogP contribution in [0, 0.1) is 5.92 Å². The molecule has 3 aliphatic rings. The molecule has 9 heteroatoms. The van der Waals surface area contributed by atoms with E-state index in [2.05, 4.69) is 61.8 Å². The maximum Gasteiger partial charge on any atom is 0.268 e. The Morgan fingerprint density at radius 2 is 2.03 bits per heavy atom. The highest BCUT2D eigenvalue weighted by Crippen LogP contribution is 2.41. The van der Waals surface area contributed by atoms with Crippen molar-refractivity contribution in [1.82, 2.24) is 29.7 Å². The molecule has 2 aromatic rings. The zero-order valence-electron chi connectivity index (χ0n) is 22.0. The summed E-state index contributed by atoms with van der Waals surface area (Å²) in [5.74, 6) is 1.22. The summed E-state index contributed by atoms with van der Waals surface area (Å²) < 4.78 is 2.19. The first-order valence-electron chi connectivity index (χ1n) is 13.6. The Kier molecular flexibility index (Phi) is 7.27. The van der Waals surface area contributed by atoms with Crippen LogP contribution in [0.4, 0.5) is 5.95 Å². The second-order valence-corrected chi connectivity index (χ2v) is 10.8. The second kappa shape index (κ2) is 10.6. The maximum absolute atomic E-state index is 12.6. The number of fused-ring (bicyclic) bond motifs is 4. The van der Waals surface area contributed by atoms with E-state index < -0.39 is 0 Å². The molecule has 9 nitrogen and oxygen atoms in total. The maximum atomic E-state index is 12.6. The van der Waals surface area contributed by atoms with Crippen LogP contribution in [0.1, 0.15) is 63.4 Å². The van der Waals surface area contributed by atoms with Crippen molar-refractivity contribution >= 4 is 29.1 Å². The number of rotatable bonds is 8. The molecule has 1 saturated heterocycles. The van der Waals surface area contributed by atoms with E-state index in [4.69, 9.17) is 4.98 Å². The van der Waals surface area contributed by atoms with Crippen LogP contribution < -0.4 is 10.6 Å². The fraction of sp³-hybridized carbons (Fsp3) is 0.630. The first kappa shape index (κ1) is 24.7. The highest BCUT2D eigenvalue weighted by atomic mass is 16.2. The average Bonchev–Trinajstić information content (AvgIpc) is 3.49. The van der Waals surface area contributed by atoms with Crippen LogP contribution in [0.25, 0.3) is 11.0 Å². The van der Waals surface area contributed by atoms with Gasteiger partial charge in [-0.1, -0.05) is 39.7 Å². The number of nitrogens with zero attached hydrogens (tertiary/aromatic N) is 6. The van der Waals surface area contributed by atoms with Gasteiger partial charge in [-0.3, -0.25) is 14.7 Å². The molecule has 1 aliphatic carbocycles. The van der Waals surface area contributed by atoms with Crippen LogP contribution in [0.5, 0.6) is 0 Å². The number of amides is 1. The third-order valence-corrected chi connectivity index (χ3v) is 7.69. The van der Waals surface area contributed by atoms with Crippen LogP contribution >= 0.6 is 0 Å². The molecule has 1 amide bonds. The van der Waals surface area contributed by atoms with Crippen molar-refractivity contribution in [2.75, 3.05) is 51.3 Å². The number of anilines is 1. The van der Waals surface area contributed by atoms with E-state index >= 15 is 0 Å². The number of carbonyl (C=O) groups is 1. The molecule has 2 N–H and O–H groups in total. The molecule has 2 aromatic heterocycles. The number of aliphatic imine (C=N–C) groups is 1. The molecule has 1 spiro atoms. The highest BCUT2D eigenvalue weighted by molar-refractivity contribution is 5.99. The topological polar surface area (TPSA) is 90.7 Å². The lowest BCUT2D eigenvalue weighted by Gasteiger charge is -2.37. The van der Waals surface area contributed by atoms with E-state index in [1.165, 1.54) is 25.1 Å². The van der Waals surface area contributed by atoms with Crippen molar-refractivity contribution in [3.8, 4) is 0 Å². The summed E-state index contributed by atoms with van der Waals surface area (Å²) in [4.78, 5) is 31.5. The minimum atomic E-state index is -0.0617. The zero-order valence-corrected chi connectivity index (χ0v) is 22.0. The van der Waals surface area contributed by atoms with Gasteiger partial charge < -0.3 is 20.1 Å². The monoisotopic (exact) mass is 492 g/mol. The lowest BCUT2D eigenvalue weighted by Crippen LogP contribution is -2.50. The predicted molar refractivity (Wildman–Crippen MR) is 145 cm³/mol. The van der Waals surface area contributed by atoms with Gasteiger partial charge in [0, 0.05) is 57.1 Å². The van der Waals surface area contributed by atoms with E-state index in [0.717, 1.165) is 56.5 Å². The number of piperazine rings is 1. The van der Waals surface area contributed by atoms with Crippen molar-refractivity contribution in [3.63, 3.8) is 0 Å². The Labute approximate surface area is 214 Å². The standard InChI is InChI=1S/C27H40N8O/c1-4-7-22(34-12-10-33(11-13-34)17-20(2)3)16-28-19-31-26-29-15-21-14-23-25(36)30-18-27(8-5-6-9-27)35(23)24(21)32-26/h7,14-16,20H,4-6,8-13,17-19H2,1-3H3,(H,30,36)(H,29,31,32)/b22-7+,28-16?. The minimum Gasteiger partial charge on any atom is -0.368 e. The zero-order chi connectivity index (χ0) is 25.1. The first-order chi connectivity index (χ1) is 17.5. The lowest BCUT2D eigenvalue weighted by atomic mass is 9.94. The average molecular weight is 493 g/mol. The third-order valence-electron chi connectivity index (χ3n) is 7.69. The minimum absolute atomic E-state index is 0.0232. The molecule has 0 aromatic carbocycles. The van der Waals surface area contributed by atoms with E-state index in [-0.39, 0.29) is 11.4 Å². The summed E-state index contributed by atoms with van der Waals surface area (Å²) in [6, 6.07) is 1.93. The Balaban J connectivity index is 1.25. The number of hydrogen-bond donors (Lipinski definition) is 2. The molecule has 0 radical (unpaired) electrons. The van der Waals surface area contributed by atoms with Crippen molar-refractivity contribution in [1.29, 1.82) is 0 Å². The van der Waals surface area contributed by atoms with E-state index in [0.29, 0.717) is 30.8 Å². The Bertz CT molecular complexity index is 1140. The highest BCUT2D eigenvalue weighted by Gasteiger charge is 2.42. The van der Waals surface area contributed by atoms with Gasteiger partial charge in [-0.2, -0.15) is 4.98 Å². The third kappa shape index (κ3) is 4.98. The van der Waals surface area contributed by atoms with Gasteiger partial charge in [-0.05, 0) is 31.2 Å². The number of hydrogen-bond acceptors (Lipinski definition) is 7. The lowest BCUT2D eigenvalue weighted by molar-refractivity contribution is 0.0876. The predicted octanol–water partition coefficient (Wildman–Crippen LogP) is 3.45. The summed E-state index contributed by atoms with van der Waals surface area (Å²) in [6.07, 6.45) is 11.5. The molecule has 194 valence electrons. The molecular formula is C27H40N8O. The largest absolute Gasteiger partial charge is 0.368 e. The smallest absolute Gasteiger partial charge is 0.268 e. The molecule has 0 bridgehead atoms. The fourth-order valence-corrected chi connectivity index (χ4v) is 6.00. The summed E-state index contributed by atoms with van der Waals surface area (Å²) in [7, 11) is 0. The van der Waals surface area contributed by atoms with Gasteiger partial charge in [0.15, 0.2) is 0 Å². The van der Waals surface area contributed by atoms with E-state index in [1.807, 2.05) is 18.5 Å². The Hall–Kier alpha value is -2.94. The second-order valence-electron chi connectivity index (χ2n) is 10.8. The molecule has 0 atom stereocenters. The van der Waals surface area contributed by atoms with Crippen molar-refractivity contribution < 1.29 is 4.79 Å². The number of nitrogens with one attached hydrogen (secondary N) is 2. The number of allylic oxidation sites excluding steroid dienone is 2. The molecule has 0 unspecified atom stereocenters. The van der Waals surface area contributed by atoms with Gasteiger partial charge in [-0.15, -0.1) is 0 Å². The van der Waals surface area contributed by atoms with E-state index in [9.17, 15) is 4.79 Å². The normalized spacial score (nSPS) is 20.6. The quantitative estimate of drug-likeness (QED) is 0.549. The molecular weight excluding hydrogens is 452 g/mol. The molecule has 5 rings (SSSR count). The molecule has 1 saturated carbocycles. The molecule has 2 aliphatic heterocycles. The van der Waals surface area contributed by atoms with Gasteiger partial charge in [0.2, 0.25) is 5.95 Å². The van der Waals surface area contributed by atoms with Crippen molar-refractivity contribution in [2.24, 2.45) is 10.9 Å². The van der Waals surface area contributed by atoms with Crippen molar-refractivity contribution in [2.45, 2.75) is 58.4 Å². The van der Waals surface area contributed by atoms with Crippen LogP contribution in [-0.2, 0) is 5.54 Å². The Morgan fingerprint density at radius 1 is 1.25 bits per heavy atom. The summed E-state index contributed by atoms with van der Waals surface area (Å²) >= 11 is 0. The number of aromatic nitrogens is 3. The van der Waals surface area contributed by atoms with Crippen LogP contribution in [0.2, 0.25) is 0 Å². The molecule has 4 heterocycles. The van der Waals surface area contributed by atoms with Crippen LogP contribution in [0.15, 0.2) is 29.0 Å². The summed E-state index contributed by atoms with van der Waals surface area (Å²) in [6.45, 7) is 13.2. The van der Waals surface area contributed by atoms with Gasteiger partial charge in [0.25, 0.3) is 5.91 Å². The van der Waals surface area contributed by atoms with Crippen molar-refractivity contribution in [3.05, 3.63) is 29.7 Å². The van der Waals surface area contributed by atoms with Crippen LogP contribution in [0.3, 0.4) is 0 Å². The van der Waals surface area contributed by atoms with Gasteiger partial charge >= 0.3 is 0 Å². The molecule has 36 heavy (non-hydrogen) atoms. The Morgan fingerprint density at radius 3 is 2.75 bits per heavy atom. The summed E-state index contributed by atoms with van der Waals surface area (Å²) in [5.41, 5.74) is 2.67. The number of carbonyl (C=O) groups excluding carboxylic acids is 1. The van der Waals surface area contributed by atoms with Gasteiger partial charge in [-0.25, -0.2) is 4.98 Å².